The molecule has 0 bridgehead atoms. The summed E-state index contributed by atoms with van der Waals surface area (Å²) in [6, 6.07) is 9.60. The number of halogens is 2. The first kappa shape index (κ1) is 21.3. The molecule has 0 spiro atoms. The normalized spacial score (nSPS) is 12.6. The predicted molar refractivity (Wildman–Crippen MR) is 102 cm³/mol. The van der Waals surface area contributed by atoms with E-state index >= 15 is 0 Å². The molecular weight excluding hydrogens is 394 g/mol. The van der Waals surface area contributed by atoms with Crippen LogP contribution in [0.25, 0.3) is 0 Å². The van der Waals surface area contributed by atoms with E-state index in [1.165, 1.54) is 42.1 Å². The summed E-state index contributed by atoms with van der Waals surface area (Å²) in [5.41, 5.74) is 0.545. The highest BCUT2D eigenvalue weighted by atomic mass is 32.2. The lowest BCUT2D eigenvalue weighted by atomic mass is 10.2. The molecule has 2 rings (SSSR count). The minimum atomic E-state index is -4.21. The van der Waals surface area contributed by atoms with Gasteiger partial charge in [0.1, 0.15) is 22.6 Å². The van der Waals surface area contributed by atoms with Gasteiger partial charge in [-0.1, -0.05) is 24.3 Å². The van der Waals surface area contributed by atoms with Crippen LogP contribution < -0.4 is 10.0 Å². The summed E-state index contributed by atoms with van der Waals surface area (Å²) in [5, 5.41) is 2.59. The number of thioether (sulfide) groups is 1. The summed E-state index contributed by atoms with van der Waals surface area (Å²) in [6.07, 6.45) is 2.05. The van der Waals surface area contributed by atoms with E-state index in [1.807, 2.05) is 6.26 Å². The number of carbonyl (C=O) groups excluding carboxylic acids is 1. The molecule has 0 saturated carbocycles. The quantitative estimate of drug-likeness (QED) is 0.662. The van der Waals surface area contributed by atoms with Crippen molar-refractivity contribution < 1.29 is 22.0 Å². The molecule has 0 aliphatic rings. The molecule has 0 aromatic heterocycles. The van der Waals surface area contributed by atoms with Crippen molar-refractivity contribution in [1.29, 1.82) is 0 Å². The van der Waals surface area contributed by atoms with Gasteiger partial charge in [-0.15, -0.1) is 0 Å². The third-order valence-corrected chi connectivity index (χ3v) is 5.86. The van der Waals surface area contributed by atoms with Crippen molar-refractivity contribution in [2.24, 2.45) is 0 Å². The molecule has 2 aromatic carbocycles. The van der Waals surface area contributed by atoms with E-state index in [2.05, 4.69) is 10.0 Å². The summed E-state index contributed by atoms with van der Waals surface area (Å²) in [4.78, 5) is 11.9. The van der Waals surface area contributed by atoms with Crippen LogP contribution in [-0.2, 0) is 21.4 Å². The van der Waals surface area contributed by atoms with Gasteiger partial charge in [0.2, 0.25) is 15.9 Å². The third-order valence-electron chi connectivity index (χ3n) is 3.71. The van der Waals surface area contributed by atoms with Crippen LogP contribution in [0.15, 0.2) is 53.4 Å². The van der Waals surface area contributed by atoms with Crippen molar-refractivity contribution in [3.63, 3.8) is 0 Å². The fraction of sp³-hybridized carbons (Fsp3) is 0.278. The molecule has 146 valence electrons. The average molecular weight is 414 g/mol. The summed E-state index contributed by atoms with van der Waals surface area (Å²) in [5.74, 6) is -1.36. The highest BCUT2D eigenvalue weighted by molar-refractivity contribution is 7.98. The van der Waals surface area contributed by atoms with Gasteiger partial charge in [0.05, 0.1) is 0 Å². The Kier molecular flexibility index (Phi) is 7.76. The lowest BCUT2D eigenvalue weighted by Crippen LogP contribution is -2.46. The molecule has 0 aliphatic carbocycles. The van der Waals surface area contributed by atoms with Gasteiger partial charge >= 0.3 is 0 Å². The summed E-state index contributed by atoms with van der Waals surface area (Å²) in [7, 11) is -4.21. The van der Waals surface area contributed by atoms with Crippen LogP contribution in [0, 0.1) is 11.6 Å². The number of amides is 1. The van der Waals surface area contributed by atoms with Crippen molar-refractivity contribution in [2.75, 3.05) is 12.0 Å². The number of carbonyl (C=O) groups is 1. The molecule has 27 heavy (non-hydrogen) atoms. The maximum Gasteiger partial charge on any atom is 0.244 e. The van der Waals surface area contributed by atoms with Gasteiger partial charge in [-0.05, 0) is 48.3 Å². The lowest BCUT2D eigenvalue weighted by molar-refractivity contribution is -0.122. The zero-order chi connectivity index (χ0) is 19.9. The first-order valence-electron chi connectivity index (χ1n) is 8.11. The zero-order valence-electron chi connectivity index (χ0n) is 14.6. The molecule has 5 nitrogen and oxygen atoms in total. The van der Waals surface area contributed by atoms with Gasteiger partial charge < -0.3 is 5.32 Å². The Balaban J connectivity index is 2.11. The smallest absolute Gasteiger partial charge is 0.244 e. The summed E-state index contributed by atoms with van der Waals surface area (Å²) < 4.78 is 54.2. The first-order chi connectivity index (χ1) is 12.8. The Labute approximate surface area is 161 Å². The number of benzene rings is 2. The molecule has 2 N–H and O–H groups in total. The number of hydrogen-bond acceptors (Lipinski definition) is 4. The lowest BCUT2D eigenvalue weighted by Gasteiger charge is -2.18. The van der Waals surface area contributed by atoms with E-state index in [-0.39, 0.29) is 13.0 Å². The Morgan fingerprint density at radius 3 is 2.56 bits per heavy atom. The molecule has 0 saturated heterocycles. The predicted octanol–water partition coefficient (Wildman–Crippen LogP) is 2.68. The second-order valence-corrected chi connectivity index (χ2v) is 8.40. The third kappa shape index (κ3) is 6.30. The van der Waals surface area contributed by atoms with Crippen LogP contribution >= 0.6 is 11.8 Å². The first-order valence-corrected chi connectivity index (χ1v) is 11.0. The van der Waals surface area contributed by atoms with Crippen LogP contribution in [0.2, 0.25) is 0 Å². The molecule has 0 radical (unpaired) electrons. The van der Waals surface area contributed by atoms with Gasteiger partial charge in [-0.3, -0.25) is 4.79 Å². The van der Waals surface area contributed by atoms with Gasteiger partial charge in [0.15, 0.2) is 0 Å². The molecule has 9 heteroatoms. The number of rotatable bonds is 9. The van der Waals surface area contributed by atoms with E-state index in [0.717, 1.165) is 12.1 Å². The second kappa shape index (κ2) is 9.82. The SMILES string of the molecule is CSCCC(NS(=O)(=O)c1ccccc1F)C(=O)NCc1cccc(F)c1. The molecule has 0 heterocycles. The zero-order valence-corrected chi connectivity index (χ0v) is 16.2. The fourth-order valence-corrected chi connectivity index (χ4v) is 4.13. The summed E-state index contributed by atoms with van der Waals surface area (Å²) >= 11 is 1.45. The standard InChI is InChI=1S/C18H20F2N2O3S2/c1-26-10-9-16(18(23)21-12-13-5-4-6-14(19)11-13)22-27(24,25)17-8-3-2-7-15(17)20/h2-8,11,16,22H,9-10,12H2,1H3,(H,21,23). The van der Waals surface area contributed by atoms with Gasteiger partial charge in [-0.25, -0.2) is 17.2 Å². The molecule has 1 unspecified atom stereocenters. The molecule has 0 aliphatic heterocycles. The summed E-state index contributed by atoms with van der Waals surface area (Å²) in [6.45, 7) is 0.0494. The van der Waals surface area contributed by atoms with Gasteiger partial charge in [0.25, 0.3) is 0 Å². The van der Waals surface area contributed by atoms with Gasteiger partial charge in [0, 0.05) is 6.54 Å². The van der Waals surface area contributed by atoms with Crippen LogP contribution in [-0.4, -0.2) is 32.4 Å². The van der Waals surface area contributed by atoms with Crippen LogP contribution in [0.3, 0.4) is 0 Å². The van der Waals surface area contributed by atoms with Crippen molar-refractivity contribution in [1.82, 2.24) is 10.0 Å². The van der Waals surface area contributed by atoms with E-state index in [1.54, 1.807) is 6.07 Å². The van der Waals surface area contributed by atoms with Crippen molar-refractivity contribution >= 4 is 27.7 Å². The van der Waals surface area contributed by atoms with E-state index in [9.17, 15) is 22.0 Å². The number of nitrogens with one attached hydrogen (secondary N) is 2. The maximum atomic E-state index is 13.8. The number of hydrogen-bond donors (Lipinski definition) is 2. The van der Waals surface area contributed by atoms with E-state index < -0.39 is 38.5 Å². The average Bonchev–Trinajstić information content (AvgIpc) is 2.63. The molecule has 2 aromatic rings. The van der Waals surface area contributed by atoms with Crippen molar-refractivity contribution in [3.05, 3.63) is 65.7 Å². The molecule has 1 amide bonds. The topological polar surface area (TPSA) is 75.3 Å². The van der Waals surface area contributed by atoms with E-state index in [0.29, 0.717) is 11.3 Å². The highest BCUT2D eigenvalue weighted by Crippen LogP contribution is 2.15. The van der Waals surface area contributed by atoms with Gasteiger partial charge in [-0.2, -0.15) is 16.5 Å². The molecule has 0 fully saturated rings. The minimum absolute atomic E-state index is 0.0494. The Bertz CT molecular complexity index is 892. The molecular formula is C18H20F2N2O3S2. The monoisotopic (exact) mass is 414 g/mol. The highest BCUT2D eigenvalue weighted by Gasteiger charge is 2.27. The van der Waals surface area contributed by atoms with Crippen molar-refractivity contribution in [2.45, 2.75) is 23.9 Å². The van der Waals surface area contributed by atoms with Crippen LogP contribution in [0.5, 0.6) is 0 Å². The fourth-order valence-electron chi connectivity index (χ4n) is 2.35. The Morgan fingerprint density at radius 1 is 1.15 bits per heavy atom. The molecule has 1 atom stereocenters. The second-order valence-electron chi connectivity index (χ2n) is 5.73. The van der Waals surface area contributed by atoms with E-state index in [4.69, 9.17) is 0 Å². The van der Waals surface area contributed by atoms with Crippen LogP contribution in [0.4, 0.5) is 8.78 Å². The Hall–Kier alpha value is -1.97. The van der Waals surface area contributed by atoms with Crippen LogP contribution in [0.1, 0.15) is 12.0 Å². The largest absolute Gasteiger partial charge is 0.351 e. The maximum absolute atomic E-state index is 13.8. The Morgan fingerprint density at radius 2 is 1.89 bits per heavy atom. The minimum Gasteiger partial charge on any atom is -0.351 e. The number of sulfonamides is 1. The van der Waals surface area contributed by atoms with Crippen molar-refractivity contribution in [3.8, 4) is 0 Å².